The largest absolute Gasteiger partial charge is 0.341 e. The summed E-state index contributed by atoms with van der Waals surface area (Å²) in [7, 11) is 0. The second kappa shape index (κ2) is 6.74. The van der Waals surface area contributed by atoms with Crippen molar-refractivity contribution >= 4 is 17.5 Å². The van der Waals surface area contributed by atoms with Gasteiger partial charge in [0.15, 0.2) is 0 Å². The highest BCUT2D eigenvalue weighted by atomic mass is 16.2. The molecule has 2 rings (SSSR count). The van der Waals surface area contributed by atoms with E-state index in [0.717, 1.165) is 36.9 Å². The molecule has 0 aliphatic carbocycles. The highest BCUT2D eigenvalue weighted by molar-refractivity contribution is 6.06. The number of hydrogen-bond acceptors (Lipinski definition) is 2. The fraction of sp³-hybridized carbons (Fsp3) is 0.529. The number of nitrogens with one attached hydrogen (secondary N) is 1. The van der Waals surface area contributed by atoms with Crippen LogP contribution in [-0.4, -0.2) is 18.4 Å². The molecule has 1 N–H and O–H groups in total. The number of anilines is 1. The van der Waals surface area contributed by atoms with E-state index in [1.165, 1.54) is 12.5 Å². The van der Waals surface area contributed by atoms with Gasteiger partial charge in [0, 0.05) is 24.7 Å². The number of unbranched alkanes of at least 4 members (excludes halogenated alkanes) is 1. The van der Waals surface area contributed by atoms with E-state index in [1.54, 1.807) is 4.90 Å². The summed E-state index contributed by atoms with van der Waals surface area (Å²) in [4.78, 5) is 25.7. The zero-order chi connectivity index (χ0) is 15.4. The monoisotopic (exact) mass is 288 g/mol. The van der Waals surface area contributed by atoms with Crippen molar-refractivity contribution in [2.75, 3.05) is 11.4 Å². The maximum atomic E-state index is 12.5. The van der Waals surface area contributed by atoms with Crippen LogP contribution < -0.4 is 10.2 Å². The van der Waals surface area contributed by atoms with E-state index in [2.05, 4.69) is 24.4 Å². The molecule has 1 aromatic carbocycles. The van der Waals surface area contributed by atoms with E-state index in [-0.39, 0.29) is 11.8 Å². The van der Waals surface area contributed by atoms with Gasteiger partial charge < -0.3 is 10.2 Å². The Morgan fingerprint density at radius 1 is 1.29 bits per heavy atom. The SMILES string of the molecule is CCCCc1ccc2c(c1)[C@@H](NC(C)=O)C(=O)N2CCC. The lowest BCUT2D eigenvalue weighted by Gasteiger charge is -2.16. The van der Waals surface area contributed by atoms with Crippen LogP contribution in [0, 0.1) is 0 Å². The predicted octanol–water partition coefficient (Wildman–Crippen LogP) is 2.96. The first kappa shape index (κ1) is 15.5. The fourth-order valence-corrected chi connectivity index (χ4v) is 2.82. The molecule has 1 aliphatic heterocycles. The maximum absolute atomic E-state index is 12.5. The van der Waals surface area contributed by atoms with Crippen LogP contribution in [0.1, 0.15) is 57.2 Å². The van der Waals surface area contributed by atoms with Gasteiger partial charge in [0.05, 0.1) is 0 Å². The van der Waals surface area contributed by atoms with E-state index < -0.39 is 6.04 Å². The van der Waals surface area contributed by atoms with Crippen molar-refractivity contribution in [3.8, 4) is 0 Å². The zero-order valence-corrected chi connectivity index (χ0v) is 13.1. The number of benzene rings is 1. The summed E-state index contributed by atoms with van der Waals surface area (Å²) < 4.78 is 0. The third-order valence-electron chi connectivity index (χ3n) is 3.82. The van der Waals surface area contributed by atoms with Gasteiger partial charge in [-0.05, 0) is 30.9 Å². The first-order chi connectivity index (χ1) is 10.1. The number of carbonyl (C=O) groups excluding carboxylic acids is 2. The van der Waals surface area contributed by atoms with Crippen molar-refractivity contribution in [3.63, 3.8) is 0 Å². The van der Waals surface area contributed by atoms with Crippen molar-refractivity contribution in [2.24, 2.45) is 0 Å². The second-order valence-corrected chi connectivity index (χ2v) is 5.62. The minimum absolute atomic E-state index is 0.0188. The van der Waals surface area contributed by atoms with Crippen molar-refractivity contribution < 1.29 is 9.59 Å². The standard InChI is InChI=1S/C17H24N2O2/c1-4-6-7-13-8-9-15-14(11-13)16(18-12(3)20)17(21)19(15)10-5-2/h8-9,11,16H,4-7,10H2,1-3H3,(H,18,20)/t16-/m1/s1. The Labute approximate surface area is 126 Å². The van der Waals surface area contributed by atoms with Crippen molar-refractivity contribution in [1.82, 2.24) is 5.32 Å². The van der Waals surface area contributed by atoms with Gasteiger partial charge in [-0.1, -0.05) is 32.4 Å². The molecule has 114 valence electrons. The van der Waals surface area contributed by atoms with Crippen LogP contribution in [-0.2, 0) is 16.0 Å². The molecule has 4 nitrogen and oxygen atoms in total. The van der Waals surface area contributed by atoms with Crippen LogP contribution in [0.5, 0.6) is 0 Å². The summed E-state index contributed by atoms with van der Waals surface area (Å²) in [6.45, 7) is 6.36. The van der Waals surface area contributed by atoms with Crippen molar-refractivity contribution in [2.45, 2.75) is 52.5 Å². The summed E-state index contributed by atoms with van der Waals surface area (Å²) in [5, 5.41) is 2.79. The molecular formula is C17H24N2O2. The molecule has 0 bridgehead atoms. The topological polar surface area (TPSA) is 49.4 Å². The van der Waals surface area contributed by atoms with Crippen LogP contribution in [0.4, 0.5) is 5.69 Å². The van der Waals surface area contributed by atoms with Crippen LogP contribution in [0.25, 0.3) is 0 Å². The van der Waals surface area contributed by atoms with Crippen LogP contribution in [0.15, 0.2) is 18.2 Å². The first-order valence-electron chi connectivity index (χ1n) is 7.79. The van der Waals surface area contributed by atoms with Gasteiger partial charge in [0.25, 0.3) is 5.91 Å². The Bertz CT molecular complexity index is 540. The van der Waals surface area contributed by atoms with Crippen LogP contribution in [0.2, 0.25) is 0 Å². The van der Waals surface area contributed by atoms with Crippen molar-refractivity contribution in [3.05, 3.63) is 29.3 Å². The van der Waals surface area contributed by atoms with E-state index in [9.17, 15) is 9.59 Å². The minimum Gasteiger partial charge on any atom is -0.341 e. The molecular weight excluding hydrogens is 264 g/mol. The normalized spacial score (nSPS) is 17.0. The Hall–Kier alpha value is -1.84. The van der Waals surface area contributed by atoms with E-state index in [0.29, 0.717) is 6.54 Å². The van der Waals surface area contributed by atoms with Crippen LogP contribution in [0.3, 0.4) is 0 Å². The van der Waals surface area contributed by atoms with E-state index in [4.69, 9.17) is 0 Å². The molecule has 0 saturated carbocycles. The average Bonchev–Trinajstić information content (AvgIpc) is 2.70. The van der Waals surface area contributed by atoms with Gasteiger partial charge in [0.1, 0.15) is 6.04 Å². The molecule has 0 spiro atoms. The summed E-state index contributed by atoms with van der Waals surface area (Å²) in [5.74, 6) is -0.189. The Kier molecular flexibility index (Phi) is 4.99. The summed E-state index contributed by atoms with van der Waals surface area (Å²) in [6.07, 6.45) is 4.19. The molecule has 1 atom stereocenters. The number of amides is 2. The van der Waals surface area contributed by atoms with Gasteiger partial charge >= 0.3 is 0 Å². The third-order valence-corrected chi connectivity index (χ3v) is 3.82. The minimum atomic E-state index is -0.523. The summed E-state index contributed by atoms with van der Waals surface area (Å²) in [5.41, 5.74) is 3.12. The Balaban J connectivity index is 2.35. The van der Waals surface area contributed by atoms with Crippen molar-refractivity contribution in [1.29, 1.82) is 0 Å². The van der Waals surface area contributed by atoms with Gasteiger partial charge in [-0.25, -0.2) is 0 Å². The molecule has 4 heteroatoms. The first-order valence-corrected chi connectivity index (χ1v) is 7.79. The summed E-state index contributed by atoms with van der Waals surface area (Å²) in [6, 6.07) is 5.68. The fourth-order valence-electron chi connectivity index (χ4n) is 2.82. The Morgan fingerprint density at radius 3 is 2.67 bits per heavy atom. The molecule has 0 aromatic heterocycles. The molecule has 21 heavy (non-hydrogen) atoms. The van der Waals surface area contributed by atoms with Gasteiger partial charge in [-0.3, -0.25) is 9.59 Å². The van der Waals surface area contributed by atoms with E-state index >= 15 is 0 Å². The lowest BCUT2D eigenvalue weighted by atomic mass is 10.0. The third kappa shape index (κ3) is 3.26. The number of carbonyl (C=O) groups is 2. The van der Waals surface area contributed by atoms with Crippen LogP contribution >= 0.6 is 0 Å². The lowest BCUT2D eigenvalue weighted by Crippen LogP contribution is -2.36. The second-order valence-electron chi connectivity index (χ2n) is 5.62. The van der Waals surface area contributed by atoms with Gasteiger partial charge in [-0.2, -0.15) is 0 Å². The van der Waals surface area contributed by atoms with Gasteiger partial charge in [0.2, 0.25) is 5.91 Å². The summed E-state index contributed by atoms with van der Waals surface area (Å²) >= 11 is 0. The Morgan fingerprint density at radius 2 is 2.05 bits per heavy atom. The molecule has 1 heterocycles. The molecule has 0 fully saturated rings. The molecule has 0 radical (unpaired) electrons. The molecule has 2 amide bonds. The number of nitrogens with zero attached hydrogens (tertiary/aromatic N) is 1. The molecule has 1 aliphatic rings. The highest BCUT2D eigenvalue weighted by Crippen LogP contribution is 2.36. The predicted molar refractivity (Wildman–Crippen MR) is 84.3 cm³/mol. The average molecular weight is 288 g/mol. The highest BCUT2D eigenvalue weighted by Gasteiger charge is 2.37. The number of fused-ring (bicyclic) bond motifs is 1. The smallest absolute Gasteiger partial charge is 0.254 e. The zero-order valence-electron chi connectivity index (χ0n) is 13.1. The molecule has 0 saturated heterocycles. The number of aryl methyl sites for hydroxylation is 1. The van der Waals surface area contributed by atoms with E-state index in [1.807, 2.05) is 13.0 Å². The van der Waals surface area contributed by atoms with Gasteiger partial charge in [-0.15, -0.1) is 0 Å². The lowest BCUT2D eigenvalue weighted by molar-refractivity contribution is -0.126. The quantitative estimate of drug-likeness (QED) is 0.875. The molecule has 0 unspecified atom stereocenters. The molecule has 1 aromatic rings. The number of hydrogen-bond donors (Lipinski definition) is 1. The number of rotatable bonds is 6. The maximum Gasteiger partial charge on any atom is 0.254 e.